The van der Waals surface area contributed by atoms with Crippen LogP contribution in [0.15, 0.2) is 6.20 Å². The van der Waals surface area contributed by atoms with Crippen molar-refractivity contribution in [3.05, 3.63) is 11.8 Å². The summed E-state index contributed by atoms with van der Waals surface area (Å²) in [5.41, 5.74) is -0.140. The summed E-state index contributed by atoms with van der Waals surface area (Å²) in [6.45, 7) is 5.77. The van der Waals surface area contributed by atoms with Crippen LogP contribution in [0, 0.1) is 0 Å². The third kappa shape index (κ3) is 1.91. The predicted octanol–water partition coefficient (Wildman–Crippen LogP) is 0.130. The van der Waals surface area contributed by atoms with Gasteiger partial charge in [-0.25, -0.2) is 4.79 Å². The van der Waals surface area contributed by atoms with Gasteiger partial charge in [0.15, 0.2) is 0 Å². The van der Waals surface area contributed by atoms with Crippen molar-refractivity contribution >= 4 is 19.4 Å². The molecular weight excluding hydrogens is 167 g/mol. The average molecular weight is 178 g/mol. The van der Waals surface area contributed by atoms with E-state index in [9.17, 15) is 4.79 Å². The van der Waals surface area contributed by atoms with E-state index in [1.54, 1.807) is 4.68 Å². The number of rotatable bonds is 1. The Balaban J connectivity index is 3.17. The van der Waals surface area contributed by atoms with Gasteiger partial charge in [-0.05, 0) is 20.8 Å². The first kappa shape index (κ1) is 9.83. The Kier molecular flexibility index (Phi) is 2.20. The minimum atomic E-state index is -1.05. The van der Waals surface area contributed by atoms with Crippen molar-refractivity contribution in [2.24, 2.45) is 0 Å². The van der Waals surface area contributed by atoms with Gasteiger partial charge in [-0.2, -0.15) is 5.10 Å². The van der Waals surface area contributed by atoms with Gasteiger partial charge in [0, 0.05) is 11.8 Å². The first-order chi connectivity index (χ1) is 5.82. The van der Waals surface area contributed by atoms with Crippen LogP contribution in [0.5, 0.6) is 0 Å². The number of hydrogen-bond donors (Lipinski definition) is 1. The van der Waals surface area contributed by atoms with E-state index in [2.05, 4.69) is 5.10 Å². The molecular formula is C8H11BN2O2. The summed E-state index contributed by atoms with van der Waals surface area (Å²) in [6.07, 6.45) is 1.44. The van der Waals surface area contributed by atoms with E-state index in [-0.39, 0.29) is 16.7 Å². The van der Waals surface area contributed by atoms with Crippen LogP contribution >= 0.6 is 0 Å². The van der Waals surface area contributed by atoms with Gasteiger partial charge in [-0.15, -0.1) is 0 Å². The molecule has 0 fully saturated rings. The van der Waals surface area contributed by atoms with Crippen molar-refractivity contribution in [1.29, 1.82) is 0 Å². The minimum Gasteiger partial charge on any atom is -0.478 e. The van der Waals surface area contributed by atoms with Crippen LogP contribution in [0.4, 0.5) is 0 Å². The van der Waals surface area contributed by atoms with E-state index < -0.39 is 5.97 Å². The lowest BCUT2D eigenvalue weighted by Crippen LogP contribution is -2.24. The molecule has 0 saturated carbocycles. The second-order valence-corrected chi connectivity index (χ2v) is 3.85. The number of carbonyl (C=O) groups is 1. The summed E-state index contributed by atoms with van der Waals surface area (Å²) < 4.78 is 1.55. The molecule has 4 nitrogen and oxygen atoms in total. The molecule has 0 unspecified atom stereocenters. The molecule has 1 aromatic heterocycles. The Labute approximate surface area is 78.0 Å². The maximum atomic E-state index is 10.6. The van der Waals surface area contributed by atoms with Crippen LogP contribution in [0.2, 0.25) is 0 Å². The zero-order chi connectivity index (χ0) is 10.2. The predicted molar refractivity (Wildman–Crippen MR) is 49.6 cm³/mol. The SMILES string of the molecule is [B]c1nn(C(C)(C)C)cc1C(=O)O. The van der Waals surface area contributed by atoms with E-state index >= 15 is 0 Å². The van der Waals surface area contributed by atoms with Crippen molar-refractivity contribution < 1.29 is 9.90 Å². The van der Waals surface area contributed by atoms with Gasteiger partial charge in [-0.3, -0.25) is 4.68 Å². The van der Waals surface area contributed by atoms with Gasteiger partial charge in [0.25, 0.3) is 0 Å². The number of aromatic nitrogens is 2. The Bertz CT molecular complexity index is 338. The van der Waals surface area contributed by atoms with Crippen molar-refractivity contribution in [3.63, 3.8) is 0 Å². The van der Waals surface area contributed by atoms with E-state index in [1.165, 1.54) is 6.20 Å². The average Bonchev–Trinajstić information content (AvgIpc) is 2.29. The van der Waals surface area contributed by atoms with Gasteiger partial charge in [0.1, 0.15) is 7.85 Å². The highest BCUT2D eigenvalue weighted by Gasteiger charge is 2.18. The Morgan fingerprint density at radius 2 is 2.15 bits per heavy atom. The minimum absolute atomic E-state index is 0.0509. The number of aromatic carboxylic acids is 1. The molecule has 0 bridgehead atoms. The van der Waals surface area contributed by atoms with Crippen molar-refractivity contribution in [3.8, 4) is 0 Å². The fraction of sp³-hybridized carbons (Fsp3) is 0.500. The number of nitrogens with zero attached hydrogens (tertiary/aromatic N) is 2. The van der Waals surface area contributed by atoms with Gasteiger partial charge >= 0.3 is 5.97 Å². The fourth-order valence-corrected chi connectivity index (χ4v) is 0.896. The molecule has 1 aromatic rings. The summed E-state index contributed by atoms with van der Waals surface area (Å²) in [4.78, 5) is 10.6. The topological polar surface area (TPSA) is 55.1 Å². The quantitative estimate of drug-likeness (QED) is 0.621. The molecule has 2 radical (unpaired) electrons. The van der Waals surface area contributed by atoms with Gasteiger partial charge < -0.3 is 5.11 Å². The molecule has 0 atom stereocenters. The summed E-state index contributed by atoms with van der Waals surface area (Å²) in [5, 5.41) is 12.6. The summed E-state index contributed by atoms with van der Waals surface area (Å²) in [5.74, 6) is -1.05. The lowest BCUT2D eigenvalue weighted by Gasteiger charge is -2.18. The van der Waals surface area contributed by atoms with E-state index in [0.29, 0.717) is 0 Å². The first-order valence-electron chi connectivity index (χ1n) is 3.91. The van der Waals surface area contributed by atoms with Gasteiger partial charge in [0.05, 0.1) is 11.1 Å². The smallest absolute Gasteiger partial charge is 0.338 e. The van der Waals surface area contributed by atoms with Crippen LogP contribution in [0.25, 0.3) is 0 Å². The third-order valence-electron chi connectivity index (χ3n) is 1.66. The maximum Gasteiger partial charge on any atom is 0.338 e. The molecule has 0 saturated heterocycles. The molecule has 0 aliphatic heterocycles. The number of hydrogen-bond acceptors (Lipinski definition) is 2. The van der Waals surface area contributed by atoms with E-state index in [4.69, 9.17) is 13.0 Å². The van der Waals surface area contributed by atoms with Crippen LogP contribution in [0.1, 0.15) is 31.1 Å². The third-order valence-corrected chi connectivity index (χ3v) is 1.66. The highest BCUT2D eigenvalue weighted by Crippen LogP contribution is 2.11. The molecule has 13 heavy (non-hydrogen) atoms. The van der Waals surface area contributed by atoms with Crippen molar-refractivity contribution in [1.82, 2.24) is 9.78 Å². The highest BCUT2D eigenvalue weighted by molar-refractivity contribution is 6.34. The lowest BCUT2D eigenvalue weighted by atomic mass is 10.0. The molecule has 1 heterocycles. The van der Waals surface area contributed by atoms with Crippen LogP contribution in [-0.4, -0.2) is 28.7 Å². The van der Waals surface area contributed by atoms with E-state index in [0.717, 1.165) is 0 Å². The zero-order valence-electron chi connectivity index (χ0n) is 7.90. The molecule has 5 heteroatoms. The number of carboxylic acids is 1. The monoisotopic (exact) mass is 178 g/mol. The van der Waals surface area contributed by atoms with Crippen molar-refractivity contribution in [2.45, 2.75) is 26.3 Å². The second-order valence-electron chi connectivity index (χ2n) is 3.85. The normalized spacial score (nSPS) is 11.6. The molecule has 0 amide bonds. The molecule has 0 aromatic carbocycles. The fourth-order valence-electron chi connectivity index (χ4n) is 0.896. The standard InChI is InChI=1S/C8H11BN2O2/c1-8(2,3)11-4-5(7(12)13)6(9)10-11/h4H,1-3H3,(H,12,13). The molecule has 1 N–H and O–H groups in total. The summed E-state index contributed by atoms with van der Waals surface area (Å²) in [7, 11) is 5.43. The Morgan fingerprint density at radius 3 is 2.38 bits per heavy atom. The van der Waals surface area contributed by atoms with Crippen LogP contribution < -0.4 is 5.59 Å². The second kappa shape index (κ2) is 2.90. The largest absolute Gasteiger partial charge is 0.478 e. The van der Waals surface area contributed by atoms with Crippen molar-refractivity contribution in [2.75, 3.05) is 0 Å². The summed E-state index contributed by atoms with van der Waals surface area (Å²) in [6, 6.07) is 0. The molecule has 0 spiro atoms. The first-order valence-corrected chi connectivity index (χ1v) is 3.91. The molecule has 0 aliphatic carbocycles. The maximum absolute atomic E-state index is 10.6. The number of carboxylic acid groups (broad SMARTS) is 1. The lowest BCUT2D eigenvalue weighted by molar-refractivity contribution is 0.0698. The van der Waals surface area contributed by atoms with Gasteiger partial charge in [-0.1, -0.05) is 0 Å². The summed E-state index contributed by atoms with van der Waals surface area (Å²) >= 11 is 0. The molecule has 68 valence electrons. The molecule has 0 aliphatic rings. The Hall–Kier alpha value is -1.26. The van der Waals surface area contributed by atoms with Crippen LogP contribution in [0.3, 0.4) is 0 Å². The highest BCUT2D eigenvalue weighted by atomic mass is 16.4. The van der Waals surface area contributed by atoms with Crippen LogP contribution in [-0.2, 0) is 5.54 Å². The Morgan fingerprint density at radius 1 is 1.62 bits per heavy atom. The zero-order valence-corrected chi connectivity index (χ0v) is 7.90. The van der Waals surface area contributed by atoms with E-state index in [1.807, 2.05) is 20.8 Å². The van der Waals surface area contributed by atoms with Gasteiger partial charge in [0.2, 0.25) is 0 Å². The molecule has 1 rings (SSSR count).